The van der Waals surface area contributed by atoms with Crippen molar-refractivity contribution >= 4 is 17.8 Å². The molecule has 0 radical (unpaired) electrons. The van der Waals surface area contributed by atoms with E-state index in [2.05, 4.69) is 20.5 Å². The van der Waals surface area contributed by atoms with Crippen molar-refractivity contribution < 1.29 is 4.79 Å². The highest BCUT2D eigenvalue weighted by molar-refractivity contribution is 5.94. The van der Waals surface area contributed by atoms with Crippen molar-refractivity contribution in [1.82, 2.24) is 5.32 Å². The quantitative estimate of drug-likeness (QED) is 0.601. The number of rotatable bonds is 0. The van der Waals surface area contributed by atoms with Gasteiger partial charge in [0.2, 0.25) is 0 Å². The molecule has 0 saturated heterocycles. The summed E-state index contributed by atoms with van der Waals surface area (Å²) in [5, 5.41) is 11.9. The molecular weight excluding hydrogens is 180 g/mol. The highest BCUT2D eigenvalue weighted by Crippen LogP contribution is 2.09. The van der Waals surface area contributed by atoms with Crippen molar-refractivity contribution in [3.63, 3.8) is 0 Å². The van der Waals surface area contributed by atoms with Crippen LogP contribution in [-0.4, -0.2) is 12.6 Å². The molecule has 0 fully saturated rings. The molecule has 0 bridgehead atoms. The molecule has 1 aromatic rings. The molecule has 5 heteroatoms. The zero-order valence-electron chi connectivity index (χ0n) is 7.19. The number of azo groups is 1. The molecule has 1 amide bonds. The van der Waals surface area contributed by atoms with Crippen LogP contribution in [0.1, 0.15) is 10.4 Å². The zero-order chi connectivity index (χ0) is 9.54. The third-order valence-electron chi connectivity index (χ3n) is 2.24. The standard InChI is InChI=1S/C9H6N4O/c14-9-6-1-5-3-12-13-7(5)2-8(6)10-4-11-9/h1-3H,4H2,(H,11,14). The molecular formula is C9H6N4O. The Morgan fingerprint density at radius 1 is 1.36 bits per heavy atom. The number of amides is 1. The first-order valence-corrected chi connectivity index (χ1v) is 4.22. The van der Waals surface area contributed by atoms with Crippen LogP contribution in [0.5, 0.6) is 0 Å². The van der Waals surface area contributed by atoms with E-state index < -0.39 is 0 Å². The molecule has 14 heavy (non-hydrogen) atoms. The van der Waals surface area contributed by atoms with E-state index in [1.807, 2.05) is 0 Å². The lowest BCUT2D eigenvalue weighted by atomic mass is 10.1. The van der Waals surface area contributed by atoms with E-state index in [0.717, 1.165) is 10.9 Å². The van der Waals surface area contributed by atoms with Gasteiger partial charge in [-0.2, -0.15) is 10.2 Å². The molecule has 1 N–H and O–H groups in total. The third kappa shape index (κ3) is 0.891. The Balaban J connectivity index is 2.41. The normalized spacial score (nSPS) is 16.4. The molecule has 5 nitrogen and oxygen atoms in total. The molecule has 68 valence electrons. The minimum absolute atomic E-state index is 0.0851. The van der Waals surface area contributed by atoms with E-state index in [1.165, 1.54) is 0 Å². The van der Waals surface area contributed by atoms with Gasteiger partial charge in [-0.3, -0.25) is 9.79 Å². The molecule has 2 aliphatic rings. The maximum Gasteiger partial charge on any atom is 0.254 e. The monoisotopic (exact) mass is 186 g/mol. The van der Waals surface area contributed by atoms with Crippen LogP contribution in [0.25, 0.3) is 6.20 Å². The molecule has 0 spiro atoms. The summed E-state index contributed by atoms with van der Waals surface area (Å²) in [5.74, 6) is -0.0851. The number of fused-ring (bicyclic) bond motifs is 2. The molecule has 2 aliphatic heterocycles. The van der Waals surface area contributed by atoms with Crippen LogP contribution in [0.15, 0.2) is 27.4 Å². The molecule has 1 aromatic carbocycles. The second-order valence-corrected chi connectivity index (χ2v) is 3.09. The Morgan fingerprint density at radius 2 is 2.29 bits per heavy atom. The minimum atomic E-state index is -0.0851. The van der Waals surface area contributed by atoms with Gasteiger partial charge in [-0.05, 0) is 12.1 Å². The first kappa shape index (κ1) is 7.37. The fourth-order valence-corrected chi connectivity index (χ4v) is 1.54. The van der Waals surface area contributed by atoms with Crippen molar-refractivity contribution in [2.45, 2.75) is 0 Å². The van der Waals surface area contributed by atoms with Crippen molar-refractivity contribution in [2.75, 3.05) is 6.67 Å². The second-order valence-electron chi connectivity index (χ2n) is 3.09. The molecule has 2 heterocycles. The fourth-order valence-electron chi connectivity index (χ4n) is 1.54. The lowest BCUT2D eigenvalue weighted by Gasteiger charge is -2.08. The van der Waals surface area contributed by atoms with Gasteiger partial charge in [-0.1, -0.05) is 0 Å². The van der Waals surface area contributed by atoms with E-state index in [1.54, 1.807) is 18.3 Å². The van der Waals surface area contributed by atoms with Gasteiger partial charge >= 0.3 is 0 Å². The summed E-state index contributed by atoms with van der Waals surface area (Å²) in [6.07, 6.45) is 1.64. The average Bonchev–Trinajstić information content (AvgIpc) is 2.62. The van der Waals surface area contributed by atoms with Crippen LogP contribution in [0, 0.1) is 0 Å². The SMILES string of the molecule is O=C1NCN=c2cc3c(cc21)=CN=N3. The molecule has 0 aliphatic carbocycles. The molecule has 0 saturated carbocycles. The van der Waals surface area contributed by atoms with Gasteiger partial charge < -0.3 is 5.32 Å². The summed E-state index contributed by atoms with van der Waals surface area (Å²) < 4.78 is 0. The summed E-state index contributed by atoms with van der Waals surface area (Å²) in [5.41, 5.74) is 1.38. The van der Waals surface area contributed by atoms with Gasteiger partial charge in [-0.25, -0.2) is 0 Å². The molecule has 0 atom stereocenters. The van der Waals surface area contributed by atoms with Crippen molar-refractivity contribution in [2.24, 2.45) is 15.2 Å². The Morgan fingerprint density at radius 3 is 3.21 bits per heavy atom. The number of nitrogens with zero attached hydrogens (tertiary/aromatic N) is 3. The maximum atomic E-state index is 11.4. The number of hydrogen-bond donors (Lipinski definition) is 1. The predicted molar refractivity (Wildman–Crippen MR) is 48.5 cm³/mol. The minimum Gasteiger partial charge on any atom is -0.333 e. The summed E-state index contributed by atoms with van der Waals surface area (Å²) in [7, 11) is 0. The van der Waals surface area contributed by atoms with E-state index >= 15 is 0 Å². The largest absolute Gasteiger partial charge is 0.333 e. The predicted octanol–water partition coefficient (Wildman–Crippen LogP) is -0.158. The van der Waals surface area contributed by atoms with Gasteiger partial charge in [0, 0.05) is 5.22 Å². The van der Waals surface area contributed by atoms with Crippen LogP contribution >= 0.6 is 0 Å². The smallest absolute Gasteiger partial charge is 0.254 e. The van der Waals surface area contributed by atoms with E-state index in [0.29, 0.717) is 17.6 Å². The topological polar surface area (TPSA) is 66.2 Å². The van der Waals surface area contributed by atoms with E-state index in [-0.39, 0.29) is 5.91 Å². The third-order valence-corrected chi connectivity index (χ3v) is 2.24. The van der Waals surface area contributed by atoms with Gasteiger partial charge in [-0.15, -0.1) is 0 Å². The Hall–Kier alpha value is -2.04. The number of nitrogens with one attached hydrogen (secondary N) is 1. The molecule has 0 aromatic heterocycles. The number of carbonyl (C=O) groups excluding carboxylic acids is 1. The van der Waals surface area contributed by atoms with Gasteiger partial charge in [0.25, 0.3) is 5.91 Å². The summed E-state index contributed by atoms with van der Waals surface area (Å²) in [6.45, 7) is 0.339. The number of hydrogen-bond acceptors (Lipinski definition) is 4. The molecule has 3 rings (SSSR count). The van der Waals surface area contributed by atoms with Gasteiger partial charge in [0.15, 0.2) is 0 Å². The van der Waals surface area contributed by atoms with E-state index in [9.17, 15) is 4.79 Å². The lowest BCUT2D eigenvalue weighted by Crippen LogP contribution is -2.35. The fraction of sp³-hybridized carbons (Fsp3) is 0.111. The van der Waals surface area contributed by atoms with Crippen molar-refractivity contribution in [3.8, 4) is 0 Å². The highest BCUT2D eigenvalue weighted by atomic mass is 16.1. The van der Waals surface area contributed by atoms with Crippen LogP contribution in [0.2, 0.25) is 0 Å². The Kier molecular flexibility index (Phi) is 1.30. The first-order valence-electron chi connectivity index (χ1n) is 4.22. The maximum absolute atomic E-state index is 11.4. The number of benzene rings is 1. The van der Waals surface area contributed by atoms with Gasteiger partial charge in [0.05, 0.1) is 22.8 Å². The molecule has 0 unspecified atom stereocenters. The van der Waals surface area contributed by atoms with Crippen LogP contribution in [0.3, 0.4) is 0 Å². The summed E-state index contributed by atoms with van der Waals surface area (Å²) >= 11 is 0. The van der Waals surface area contributed by atoms with Gasteiger partial charge in [0.1, 0.15) is 6.67 Å². The van der Waals surface area contributed by atoms with E-state index in [4.69, 9.17) is 0 Å². The summed E-state index contributed by atoms with van der Waals surface area (Å²) in [6, 6.07) is 3.55. The Bertz CT molecular complexity index is 573. The summed E-state index contributed by atoms with van der Waals surface area (Å²) in [4.78, 5) is 15.6. The zero-order valence-corrected chi connectivity index (χ0v) is 7.19. The van der Waals surface area contributed by atoms with Crippen LogP contribution in [-0.2, 0) is 0 Å². The number of carbonyl (C=O) groups is 1. The highest BCUT2D eigenvalue weighted by Gasteiger charge is 2.14. The van der Waals surface area contributed by atoms with Crippen LogP contribution < -0.4 is 15.9 Å². The lowest BCUT2D eigenvalue weighted by molar-refractivity contribution is 0.0947. The Labute approximate surface area is 78.9 Å². The van der Waals surface area contributed by atoms with Crippen LogP contribution in [0.4, 0.5) is 5.69 Å². The second kappa shape index (κ2) is 2.47. The van der Waals surface area contributed by atoms with Crippen molar-refractivity contribution in [3.05, 3.63) is 28.3 Å². The average molecular weight is 186 g/mol. The first-order chi connectivity index (χ1) is 6.84. The van der Waals surface area contributed by atoms with Crippen molar-refractivity contribution in [1.29, 1.82) is 0 Å².